The fourth-order valence-electron chi connectivity index (χ4n) is 3.49. The molecule has 3 rings (SSSR count). The van der Waals surface area contributed by atoms with Gasteiger partial charge in [-0.3, -0.25) is 4.99 Å². The molecule has 0 aliphatic heterocycles. The summed E-state index contributed by atoms with van der Waals surface area (Å²) in [5.74, 6) is 0. The highest BCUT2D eigenvalue weighted by Gasteiger charge is 2.13. The van der Waals surface area contributed by atoms with Gasteiger partial charge in [0.2, 0.25) is 0 Å². The topological polar surface area (TPSA) is 28.0 Å². The average Bonchev–Trinajstić information content (AvgIpc) is 2.85. The molecule has 0 saturated carbocycles. The van der Waals surface area contributed by atoms with Crippen molar-refractivity contribution in [3.63, 3.8) is 0 Å². The number of hydrogen-bond donors (Lipinski definition) is 0. The number of hydrogen-bond acceptors (Lipinski definition) is 3. The van der Waals surface area contributed by atoms with E-state index < -0.39 is 0 Å². The lowest BCUT2D eigenvalue weighted by molar-refractivity contribution is 1.26. The first-order valence-corrected chi connectivity index (χ1v) is 11.3. The Morgan fingerprint density at radius 2 is 1.33 bits per heavy atom. The van der Waals surface area contributed by atoms with Gasteiger partial charge >= 0.3 is 0 Å². The van der Waals surface area contributed by atoms with Crippen LogP contribution in [-0.2, 0) is 0 Å². The minimum Gasteiger partial charge on any atom is -0.310 e. The first-order chi connectivity index (χ1) is 16.2. The van der Waals surface area contributed by atoms with Gasteiger partial charge in [0.05, 0.1) is 17.1 Å². The zero-order valence-corrected chi connectivity index (χ0v) is 19.6. The van der Waals surface area contributed by atoms with Crippen molar-refractivity contribution in [2.75, 3.05) is 4.90 Å². The third-order valence-electron chi connectivity index (χ3n) is 4.99. The normalized spacial score (nSPS) is 12.5. The van der Waals surface area contributed by atoms with E-state index in [0.29, 0.717) is 0 Å². The summed E-state index contributed by atoms with van der Waals surface area (Å²) in [4.78, 5) is 11.8. The van der Waals surface area contributed by atoms with Gasteiger partial charge in [0.1, 0.15) is 0 Å². The number of nitrogens with zero attached hydrogens (tertiary/aromatic N) is 3. The second-order valence-corrected chi connectivity index (χ2v) is 7.41. The van der Waals surface area contributed by atoms with E-state index in [9.17, 15) is 0 Å². The molecule has 0 radical (unpaired) electrons. The molecule has 0 aromatic heterocycles. The molecule has 0 N–H and O–H groups in total. The largest absolute Gasteiger partial charge is 0.310 e. The van der Waals surface area contributed by atoms with Gasteiger partial charge in [-0.1, -0.05) is 56.0 Å². The van der Waals surface area contributed by atoms with Gasteiger partial charge in [-0.05, 0) is 87.0 Å². The Morgan fingerprint density at radius 3 is 1.88 bits per heavy atom. The molecular weight excluding hydrogens is 402 g/mol. The highest BCUT2D eigenvalue weighted by atomic mass is 15.1. The summed E-state index contributed by atoms with van der Waals surface area (Å²) >= 11 is 0. The lowest BCUT2D eigenvalue weighted by Crippen LogP contribution is -2.09. The summed E-state index contributed by atoms with van der Waals surface area (Å²) in [6.45, 7) is 9.98. The highest BCUT2D eigenvalue weighted by Crippen LogP contribution is 2.37. The molecule has 0 amide bonds. The minimum absolute atomic E-state index is 0.827. The molecule has 3 nitrogen and oxygen atoms in total. The standard InChI is InChI=1S/C30H31N3/c1-5-14-24(7-3)31-26-16-12-20-29(22-26)33(28-18-10-9-11-19-28)30-21-13-17-27(23-30)32-25(8-4)15-6-2/h5-7,9-23H,3,8H2,1-2,4H3/b14-5-,15-6-,31-24?,32-25?. The van der Waals surface area contributed by atoms with Crippen LogP contribution >= 0.6 is 0 Å². The van der Waals surface area contributed by atoms with Gasteiger partial charge in [-0.25, -0.2) is 4.99 Å². The fraction of sp³-hybridized carbons (Fsp3) is 0.133. The minimum atomic E-state index is 0.827. The van der Waals surface area contributed by atoms with Gasteiger partial charge in [0, 0.05) is 22.8 Å². The van der Waals surface area contributed by atoms with Crippen LogP contribution in [0.15, 0.2) is 126 Å². The van der Waals surface area contributed by atoms with Crippen molar-refractivity contribution in [2.24, 2.45) is 9.98 Å². The van der Waals surface area contributed by atoms with Crippen LogP contribution in [0.1, 0.15) is 27.2 Å². The van der Waals surface area contributed by atoms with Gasteiger partial charge in [-0.15, -0.1) is 0 Å². The number of para-hydroxylation sites is 1. The van der Waals surface area contributed by atoms with Crippen molar-refractivity contribution in [3.8, 4) is 0 Å². The SMILES string of the molecule is C=CC(/C=C\C)=Nc1cccc(N(c2ccccc2)c2cccc(N=C(/C=C\C)CC)c2)c1. The molecule has 0 heterocycles. The lowest BCUT2D eigenvalue weighted by Gasteiger charge is -2.26. The Balaban J connectivity index is 2.12. The molecule has 0 aliphatic carbocycles. The van der Waals surface area contributed by atoms with Crippen LogP contribution in [0.25, 0.3) is 0 Å². The predicted octanol–water partition coefficient (Wildman–Crippen LogP) is 9.05. The van der Waals surface area contributed by atoms with Crippen molar-refractivity contribution in [1.29, 1.82) is 0 Å². The van der Waals surface area contributed by atoms with Gasteiger partial charge < -0.3 is 4.90 Å². The number of allylic oxidation sites excluding steroid dienone is 5. The van der Waals surface area contributed by atoms with Crippen molar-refractivity contribution < 1.29 is 0 Å². The Hall–Kier alpha value is -3.98. The second-order valence-electron chi connectivity index (χ2n) is 7.41. The Kier molecular flexibility index (Phi) is 8.72. The Morgan fingerprint density at radius 1 is 0.758 bits per heavy atom. The van der Waals surface area contributed by atoms with Crippen LogP contribution in [-0.4, -0.2) is 11.4 Å². The molecular formula is C30H31N3. The molecule has 166 valence electrons. The molecule has 33 heavy (non-hydrogen) atoms. The fourth-order valence-corrected chi connectivity index (χ4v) is 3.49. The highest BCUT2D eigenvalue weighted by molar-refractivity contribution is 6.05. The van der Waals surface area contributed by atoms with Crippen LogP contribution in [0.5, 0.6) is 0 Å². The third-order valence-corrected chi connectivity index (χ3v) is 4.99. The molecule has 0 atom stereocenters. The molecule has 3 heteroatoms. The van der Waals surface area contributed by atoms with Crippen LogP contribution in [0.4, 0.5) is 28.4 Å². The van der Waals surface area contributed by atoms with E-state index in [4.69, 9.17) is 9.98 Å². The first-order valence-electron chi connectivity index (χ1n) is 11.3. The van der Waals surface area contributed by atoms with Gasteiger partial charge in [0.25, 0.3) is 0 Å². The summed E-state index contributed by atoms with van der Waals surface area (Å²) < 4.78 is 0. The second kappa shape index (κ2) is 12.2. The Bertz CT molecular complexity index is 1180. The van der Waals surface area contributed by atoms with Crippen LogP contribution < -0.4 is 4.90 Å². The van der Waals surface area contributed by atoms with Crippen LogP contribution in [0.3, 0.4) is 0 Å². The van der Waals surface area contributed by atoms with Gasteiger partial charge in [0.15, 0.2) is 0 Å². The van der Waals surface area contributed by atoms with E-state index in [1.54, 1.807) is 6.08 Å². The molecule has 0 unspecified atom stereocenters. The summed E-state index contributed by atoms with van der Waals surface area (Å²) in [7, 11) is 0. The van der Waals surface area contributed by atoms with E-state index in [2.05, 4.69) is 79.1 Å². The molecule has 0 saturated heterocycles. The van der Waals surface area contributed by atoms with Crippen molar-refractivity contribution in [3.05, 3.63) is 116 Å². The van der Waals surface area contributed by atoms with E-state index in [1.165, 1.54) is 0 Å². The zero-order chi connectivity index (χ0) is 23.5. The van der Waals surface area contributed by atoms with E-state index in [0.717, 1.165) is 46.3 Å². The summed E-state index contributed by atoms with van der Waals surface area (Å²) in [6.07, 6.45) is 10.6. The van der Waals surface area contributed by atoms with Crippen molar-refractivity contribution >= 4 is 39.9 Å². The monoisotopic (exact) mass is 433 g/mol. The first kappa shape index (κ1) is 23.7. The van der Waals surface area contributed by atoms with Crippen molar-refractivity contribution in [1.82, 2.24) is 0 Å². The summed E-state index contributed by atoms with van der Waals surface area (Å²) in [5.41, 5.74) is 6.82. The number of anilines is 3. The zero-order valence-electron chi connectivity index (χ0n) is 19.6. The number of aliphatic imine (C=N–C) groups is 2. The van der Waals surface area contributed by atoms with Crippen LogP contribution in [0, 0.1) is 0 Å². The van der Waals surface area contributed by atoms with E-state index in [-0.39, 0.29) is 0 Å². The van der Waals surface area contributed by atoms with Gasteiger partial charge in [-0.2, -0.15) is 0 Å². The quantitative estimate of drug-likeness (QED) is 0.309. The average molecular weight is 434 g/mol. The third kappa shape index (κ3) is 6.50. The lowest BCUT2D eigenvalue weighted by atomic mass is 10.1. The Labute approximate surface area is 197 Å². The maximum Gasteiger partial charge on any atom is 0.0657 e. The summed E-state index contributed by atoms with van der Waals surface area (Å²) in [6, 6.07) is 26.9. The van der Waals surface area contributed by atoms with E-state index in [1.807, 2.05) is 56.3 Å². The molecule has 3 aromatic rings. The molecule has 0 fully saturated rings. The maximum atomic E-state index is 4.85. The number of benzene rings is 3. The molecule has 0 spiro atoms. The molecule has 0 aliphatic rings. The summed E-state index contributed by atoms with van der Waals surface area (Å²) in [5, 5.41) is 0. The van der Waals surface area contributed by atoms with E-state index >= 15 is 0 Å². The predicted molar refractivity (Wildman–Crippen MR) is 145 cm³/mol. The maximum absolute atomic E-state index is 4.85. The number of rotatable bonds is 9. The van der Waals surface area contributed by atoms with Crippen LogP contribution in [0.2, 0.25) is 0 Å². The van der Waals surface area contributed by atoms with Crippen molar-refractivity contribution in [2.45, 2.75) is 27.2 Å². The molecule has 3 aromatic carbocycles. The smallest absolute Gasteiger partial charge is 0.0657 e. The molecule has 0 bridgehead atoms.